The summed E-state index contributed by atoms with van der Waals surface area (Å²) in [6.07, 6.45) is 0.653. The zero-order valence-electron chi connectivity index (χ0n) is 14.1. The van der Waals surface area contributed by atoms with E-state index in [4.69, 9.17) is 4.74 Å². The lowest BCUT2D eigenvalue weighted by Gasteiger charge is -2.26. The maximum atomic E-state index is 12.6. The summed E-state index contributed by atoms with van der Waals surface area (Å²) in [6.45, 7) is 0.516. The van der Waals surface area contributed by atoms with E-state index in [9.17, 15) is 14.9 Å². The lowest BCUT2D eigenvalue weighted by atomic mass is 10.00. The second-order valence-corrected chi connectivity index (χ2v) is 6.06. The van der Waals surface area contributed by atoms with E-state index in [-0.39, 0.29) is 23.2 Å². The van der Waals surface area contributed by atoms with E-state index in [1.54, 1.807) is 31.1 Å². The lowest BCUT2D eigenvalue weighted by molar-refractivity contribution is -0.384. The Bertz CT molecular complexity index is 820. The molecule has 25 heavy (non-hydrogen) atoms. The molecule has 0 bridgehead atoms. The van der Waals surface area contributed by atoms with Crippen LogP contribution in [0, 0.1) is 10.1 Å². The maximum Gasteiger partial charge on any atom is 0.293 e. The Morgan fingerprint density at radius 3 is 2.76 bits per heavy atom. The number of nitrogens with one attached hydrogen (secondary N) is 1. The molecule has 1 amide bonds. The van der Waals surface area contributed by atoms with Gasteiger partial charge in [0, 0.05) is 37.7 Å². The standard InChI is InChI=1S/C18H19N3O4/c1-20(2)15-8-7-12(11-16(15)21(23)24)18(22)19-14-9-10-25-17-6-4-3-5-13(14)17/h3-8,11,14H,9-10H2,1-2H3,(H,19,22). The van der Waals surface area contributed by atoms with Crippen LogP contribution in [0.15, 0.2) is 42.5 Å². The fraction of sp³-hybridized carbons (Fsp3) is 0.278. The van der Waals surface area contributed by atoms with Crippen molar-refractivity contribution in [2.24, 2.45) is 0 Å². The van der Waals surface area contributed by atoms with Crippen molar-refractivity contribution < 1.29 is 14.5 Å². The van der Waals surface area contributed by atoms with Crippen molar-refractivity contribution in [1.29, 1.82) is 0 Å². The van der Waals surface area contributed by atoms with Gasteiger partial charge in [0.1, 0.15) is 11.4 Å². The van der Waals surface area contributed by atoms with Gasteiger partial charge in [-0.1, -0.05) is 18.2 Å². The average molecular weight is 341 g/mol. The van der Waals surface area contributed by atoms with Crippen LogP contribution in [0.25, 0.3) is 0 Å². The summed E-state index contributed by atoms with van der Waals surface area (Å²) in [5, 5.41) is 14.2. The molecule has 0 fully saturated rings. The summed E-state index contributed by atoms with van der Waals surface area (Å²) in [4.78, 5) is 25.0. The Morgan fingerprint density at radius 1 is 1.28 bits per heavy atom. The molecule has 3 rings (SSSR count). The molecule has 7 nitrogen and oxygen atoms in total. The van der Waals surface area contributed by atoms with E-state index in [0.29, 0.717) is 18.7 Å². The van der Waals surface area contributed by atoms with Crippen LogP contribution in [0.2, 0.25) is 0 Å². The molecule has 0 aromatic heterocycles. The van der Waals surface area contributed by atoms with E-state index in [0.717, 1.165) is 11.3 Å². The van der Waals surface area contributed by atoms with Crippen molar-refractivity contribution in [3.05, 3.63) is 63.7 Å². The maximum absolute atomic E-state index is 12.6. The topological polar surface area (TPSA) is 84.7 Å². The Hall–Kier alpha value is -3.09. The van der Waals surface area contributed by atoms with Crippen LogP contribution in [0.5, 0.6) is 5.75 Å². The first-order valence-electron chi connectivity index (χ1n) is 7.95. The van der Waals surface area contributed by atoms with Gasteiger partial charge in [-0.2, -0.15) is 0 Å². The molecule has 0 radical (unpaired) electrons. The first-order chi connectivity index (χ1) is 12.0. The predicted octanol–water partition coefficient (Wildman–Crippen LogP) is 2.91. The van der Waals surface area contributed by atoms with Crippen molar-refractivity contribution in [1.82, 2.24) is 5.32 Å². The normalized spacial score (nSPS) is 15.7. The van der Waals surface area contributed by atoms with Crippen molar-refractivity contribution in [3.8, 4) is 5.75 Å². The van der Waals surface area contributed by atoms with Crippen molar-refractivity contribution >= 4 is 17.3 Å². The van der Waals surface area contributed by atoms with Gasteiger partial charge in [-0.3, -0.25) is 14.9 Å². The number of carbonyl (C=O) groups excluding carboxylic acids is 1. The fourth-order valence-electron chi connectivity index (χ4n) is 2.92. The molecule has 1 aliphatic rings. The van der Waals surface area contributed by atoms with E-state index >= 15 is 0 Å². The summed E-state index contributed by atoms with van der Waals surface area (Å²) >= 11 is 0. The van der Waals surface area contributed by atoms with Gasteiger partial charge in [0.15, 0.2) is 0 Å². The highest BCUT2D eigenvalue weighted by Crippen LogP contribution is 2.32. The SMILES string of the molecule is CN(C)c1ccc(C(=O)NC2CCOc3ccccc32)cc1[N+](=O)[O-]. The van der Waals surface area contributed by atoms with Gasteiger partial charge in [0.2, 0.25) is 0 Å². The number of nitro groups is 1. The molecule has 0 aliphatic carbocycles. The first kappa shape index (κ1) is 16.8. The van der Waals surface area contributed by atoms with Crippen LogP contribution in [0.4, 0.5) is 11.4 Å². The van der Waals surface area contributed by atoms with Crippen LogP contribution >= 0.6 is 0 Å². The van der Waals surface area contributed by atoms with Crippen molar-refractivity contribution in [2.45, 2.75) is 12.5 Å². The zero-order chi connectivity index (χ0) is 18.0. The minimum absolute atomic E-state index is 0.0926. The third kappa shape index (κ3) is 3.40. The van der Waals surface area contributed by atoms with E-state index < -0.39 is 4.92 Å². The highest BCUT2D eigenvalue weighted by atomic mass is 16.6. The number of para-hydroxylation sites is 1. The van der Waals surface area contributed by atoms with Gasteiger partial charge >= 0.3 is 0 Å². The van der Waals surface area contributed by atoms with E-state index in [2.05, 4.69) is 5.32 Å². The number of ether oxygens (including phenoxy) is 1. The molecule has 130 valence electrons. The minimum atomic E-state index is -0.476. The van der Waals surface area contributed by atoms with Gasteiger partial charge in [-0.25, -0.2) is 0 Å². The van der Waals surface area contributed by atoms with Gasteiger partial charge in [-0.05, 0) is 18.2 Å². The van der Waals surface area contributed by atoms with Gasteiger partial charge in [0.25, 0.3) is 11.6 Å². The van der Waals surface area contributed by atoms with Gasteiger partial charge in [0.05, 0.1) is 17.6 Å². The Balaban J connectivity index is 1.85. The third-order valence-corrected chi connectivity index (χ3v) is 4.18. The van der Waals surface area contributed by atoms with Crippen LogP contribution in [-0.2, 0) is 0 Å². The van der Waals surface area contributed by atoms with E-state index in [1.165, 1.54) is 6.07 Å². The Kier molecular flexibility index (Phi) is 4.56. The third-order valence-electron chi connectivity index (χ3n) is 4.18. The number of nitrogens with zero attached hydrogens (tertiary/aromatic N) is 2. The summed E-state index contributed by atoms with van der Waals surface area (Å²) in [5.41, 5.74) is 1.55. The number of benzene rings is 2. The molecule has 1 atom stereocenters. The summed E-state index contributed by atoms with van der Waals surface area (Å²) < 4.78 is 5.59. The fourth-order valence-corrected chi connectivity index (χ4v) is 2.92. The molecule has 1 aliphatic heterocycles. The summed E-state index contributed by atoms with van der Waals surface area (Å²) in [5.74, 6) is 0.420. The average Bonchev–Trinajstić information content (AvgIpc) is 2.61. The number of hydrogen-bond donors (Lipinski definition) is 1. The number of amides is 1. The number of rotatable bonds is 4. The summed E-state index contributed by atoms with van der Waals surface area (Å²) in [7, 11) is 3.45. The molecule has 1 N–H and O–H groups in total. The highest BCUT2D eigenvalue weighted by Gasteiger charge is 2.24. The van der Waals surface area contributed by atoms with Crippen LogP contribution in [-0.4, -0.2) is 31.5 Å². The molecule has 0 spiro atoms. The number of nitro benzene ring substituents is 1. The quantitative estimate of drug-likeness (QED) is 0.683. The van der Waals surface area contributed by atoms with Gasteiger partial charge < -0.3 is 15.0 Å². The van der Waals surface area contributed by atoms with Gasteiger partial charge in [-0.15, -0.1) is 0 Å². The smallest absolute Gasteiger partial charge is 0.293 e. The molecule has 0 saturated carbocycles. The number of hydrogen-bond acceptors (Lipinski definition) is 5. The number of anilines is 1. The molecule has 2 aromatic rings. The van der Waals surface area contributed by atoms with Crippen LogP contribution < -0.4 is 15.0 Å². The monoisotopic (exact) mass is 341 g/mol. The van der Waals surface area contributed by atoms with Crippen molar-refractivity contribution in [3.63, 3.8) is 0 Å². The number of carbonyl (C=O) groups is 1. The summed E-state index contributed by atoms with van der Waals surface area (Å²) in [6, 6.07) is 11.9. The molecule has 1 unspecified atom stereocenters. The number of fused-ring (bicyclic) bond motifs is 1. The first-order valence-corrected chi connectivity index (χ1v) is 7.95. The second kappa shape index (κ2) is 6.80. The molecular formula is C18H19N3O4. The molecule has 7 heteroatoms. The Labute approximate surface area is 145 Å². The minimum Gasteiger partial charge on any atom is -0.493 e. The second-order valence-electron chi connectivity index (χ2n) is 6.06. The van der Waals surface area contributed by atoms with Crippen molar-refractivity contribution in [2.75, 3.05) is 25.6 Å². The predicted molar refractivity (Wildman–Crippen MR) is 94.2 cm³/mol. The molecule has 0 saturated heterocycles. The molecule has 2 aromatic carbocycles. The Morgan fingerprint density at radius 2 is 2.04 bits per heavy atom. The van der Waals surface area contributed by atoms with Crippen LogP contribution in [0.1, 0.15) is 28.4 Å². The highest BCUT2D eigenvalue weighted by molar-refractivity contribution is 5.96. The molecule has 1 heterocycles. The zero-order valence-corrected chi connectivity index (χ0v) is 14.1. The van der Waals surface area contributed by atoms with Crippen LogP contribution in [0.3, 0.4) is 0 Å². The lowest BCUT2D eigenvalue weighted by Crippen LogP contribution is -2.32. The van der Waals surface area contributed by atoms with E-state index in [1.807, 2.05) is 24.3 Å². The molecular weight excluding hydrogens is 322 g/mol. The largest absolute Gasteiger partial charge is 0.493 e.